The molecular weight excluding hydrogens is 357 g/mol. The lowest BCUT2D eigenvalue weighted by Gasteiger charge is -2.29. The number of ketones is 1. The summed E-state index contributed by atoms with van der Waals surface area (Å²) in [6.07, 6.45) is 6.64. The van der Waals surface area contributed by atoms with Gasteiger partial charge in [0.2, 0.25) is 0 Å². The molecule has 0 unspecified atom stereocenters. The van der Waals surface area contributed by atoms with Gasteiger partial charge in [-0.2, -0.15) is 5.10 Å². The lowest BCUT2D eigenvalue weighted by Crippen LogP contribution is -2.36. The van der Waals surface area contributed by atoms with Crippen LogP contribution in [-0.2, 0) is 4.74 Å². The number of carbonyl (C=O) groups excluding carboxylic acids is 1. The number of benzene rings is 2. The molecule has 3 aromatic rings. The van der Waals surface area contributed by atoms with Crippen molar-refractivity contribution in [2.24, 2.45) is 0 Å². The highest BCUT2D eigenvalue weighted by Gasteiger charge is 2.16. The Morgan fingerprint density at radius 3 is 2.64 bits per heavy atom. The summed E-state index contributed by atoms with van der Waals surface area (Å²) in [5.41, 5.74) is 2.56. The molecule has 28 heavy (non-hydrogen) atoms. The summed E-state index contributed by atoms with van der Waals surface area (Å²) < 4.78 is 21.5. The molecule has 1 aromatic heterocycles. The third-order valence-electron chi connectivity index (χ3n) is 4.63. The molecule has 0 atom stereocenters. The van der Waals surface area contributed by atoms with Crippen molar-refractivity contribution in [1.82, 2.24) is 9.78 Å². The number of nitrogens with zero attached hydrogens (tertiary/aromatic N) is 3. The van der Waals surface area contributed by atoms with Gasteiger partial charge in [-0.1, -0.05) is 18.2 Å². The fourth-order valence-electron chi connectivity index (χ4n) is 3.13. The first-order chi connectivity index (χ1) is 13.7. The largest absolute Gasteiger partial charge is 0.378 e. The Morgan fingerprint density at radius 1 is 1.11 bits per heavy atom. The van der Waals surface area contributed by atoms with Crippen LogP contribution in [0.3, 0.4) is 0 Å². The summed E-state index contributed by atoms with van der Waals surface area (Å²) in [4.78, 5) is 14.4. The van der Waals surface area contributed by atoms with Crippen molar-refractivity contribution >= 4 is 17.5 Å². The normalized spacial score (nSPS) is 14.5. The molecule has 2 aromatic carbocycles. The first-order valence-electron chi connectivity index (χ1n) is 9.15. The summed E-state index contributed by atoms with van der Waals surface area (Å²) in [5, 5.41) is 4.29. The number of morpholine rings is 1. The molecule has 0 amide bonds. The Bertz CT molecular complexity index is 992. The minimum absolute atomic E-state index is 0.250. The molecule has 0 saturated carbocycles. The van der Waals surface area contributed by atoms with Gasteiger partial charge in [0.1, 0.15) is 5.82 Å². The molecule has 1 aliphatic heterocycles. The molecular formula is C22H20FN3O2. The number of aromatic nitrogens is 2. The van der Waals surface area contributed by atoms with Crippen molar-refractivity contribution in [3.8, 4) is 5.69 Å². The van der Waals surface area contributed by atoms with E-state index in [1.165, 1.54) is 12.1 Å². The summed E-state index contributed by atoms with van der Waals surface area (Å²) in [7, 11) is 0. The lowest BCUT2D eigenvalue weighted by atomic mass is 10.1. The molecule has 2 heterocycles. The Kier molecular flexibility index (Phi) is 5.30. The van der Waals surface area contributed by atoms with Gasteiger partial charge in [0.25, 0.3) is 0 Å². The quantitative estimate of drug-likeness (QED) is 0.502. The Hall–Kier alpha value is -3.25. The molecule has 0 spiro atoms. The Labute approximate surface area is 162 Å². The van der Waals surface area contributed by atoms with Crippen LogP contribution < -0.4 is 4.90 Å². The third kappa shape index (κ3) is 4.02. The second-order valence-electron chi connectivity index (χ2n) is 6.52. The third-order valence-corrected chi connectivity index (χ3v) is 4.63. The number of allylic oxidation sites excluding steroid dienone is 1. The highest BCUT2D eigenvalue weighted by Crippen LogP contribution is 2.22. The lowest BCUT2D eigenvalue weighted by molar-refractivity contribution is 0.104. The average molecular weight is 377 g/mol. The highest BCUT2D eigenvalue weighted by atomic mass is 19.1. The number of ether oxygens (including phenoxy) is 1. The van der Waals surface area contributed by atoms with Crippen LogP contribution in [0.2, 0.25) is 0 Å². The van der Waals surface area contributed by atoms with Crippen LogP contribution in [0.15, 0.2) is 67.0 Å². The monoisotopic (exact) mass is 377 g/mol. The summed E-state index contributed by atoms with van der Waals surface area (Å²) in [6.45, 7) is 2.46. The number of para-hydroxylation sites is 1. The van der Waals surface area contributed by atoms with E-state index in [0.29, 0.717) is 37.6 Å². The van der Waals surface area contributed by atoms with Gasteiger partial charge < -0.3 is 9.64 Å². The van der Waals surface area contributed by atoms with Gasteiger partial charge in [-0.3, -0.25) is 4.79 Å². The molecule has 0 radical (unpaired) electrons. The van der Waals surface area contributed by atoms with Crippen LogP contribution in [0.5, 0.6) is 0 Å². The van der Waals surface area contributed by atoms with E-state index in [0.717, 1.165) is 11.3 Å². The van der Waals surface area contributed by atoms with Gasteiger partial charge in [-0.25, -0.2) is 9.07 Å². The molecule has 0 aliphatic carbocycles. The first-order valence-corrected chi connectivity index (χ1v) is 9.15. The van der Waals surface area contributed by atoms with Crippen molar-refractivity contribution in [3.05, 3.63) is 83.9 Å². The van der Waals surface area contributed by atoms with Gasteiger partial charge in [0, 0.05) is 30.4 Å². The van der Waals surface area contributed by atoms with E-state index < -0.39 is 5.82 Å². The van der Waals surface area contributed by atoms with E-state index in [1.807, 2.05) is 41.4 Å². The SMILES string of the molecule is O=C(C=Cc1cnn(-c2ccccc2)c1)c1ccc(N2CCOCC2)c(F)c1. The number of hydrogen-bond acceptors (Lipinski definition) is 4. The first kappa shape index (κ1) is 18.1. The molecule has 0 N–H and O–H groups in total. The molecule has 0 bridgehead atoms. The maximum atomic E-state index is 14.5. The van der Waals surface area contributed by atoms with Crippen LogP contribution in [0.25, 0.3) is 11.8 Å². The second-order valence-corrected chi connectivity index (χ2v) is 6.52. The van der Waals surface area contributed by atoms with E-state index in [9.17, 15) is 9.18 Å². The summed E-state index contributed by atoms with van der Waals surface area (Å²) in [5.74, 6) is -0.641. The number of hydrogen-bond donors (Lipinski definition) is 0. The smallest absolute Gasteiger partial charge is 0.185 e. The molecule has 1 saturated heterocycles. The van der Waals surface area contributed by atoms with Crippen LogP contribution in [-0.4, -0.2) is 41.9 Å². The predicted octanol–water partition coefficient (Wildman–Crippen LogP) is 3.74. The van der Waals surface area contributed by atoms with Gasteiger partial charge in [0.05, 0.1) is 30.8 Å². The zero-order valence-electron chi connectivity index (χ0n) is 15.3. The fraction of sp³-hybridized carbons (Fsp3) is 0.182. The van der Waals surface area contributed by atoms with Crippen molar-refractivity contribution < 1.29 is 13.9 Å². The zero-order chi connectivity index (χ0) is 19.3. The summed E-state index contributed by atoms with van der Waals surface area (Å²) >= 11 is 0. The van der Waals surface area contributed by atoms with E-state index in [-0.39, 0.29) is 5.78 Å². The molecule has 5 nitrogen and oxygen atoms in total. The topological polar surface area (TPSA) is 47.4 Å². The highest BCUT2D eigenvalue weighted by molar-refractivity contribution is 6.07. The number of rotatable bonds is 5. The van der Waals surface area contributed by atoms with E-state index in [1.54, 1.807) is 29.1 Å². The minimum Gasteiger partial charge on any atom is -0.378 e. The second kappa shape index (κ2) is 8.19. The van der Waals surface area contributed by atoms with Crippen molar-refractivity contribution in [2.75, 3.05) is 31.2 Å². The maximum absolute atomic E-state index is 14.5. The number of carbonyl (C=O) groups is 1. The van der Waals surface area contributed by atoms with E-state index in [4.69, 9.17) is 4.74 Å². The fourth-order valence-corrected chi connectivity index (χ4v) is 3.13. The van der Waals surface area contributed by atoms with Crippen LogP contribution in [0.4, 0.5) is 10.1 Å². The Morgan fingerprint density at radius 2 is 1.89 bits per heavy atom. The predicted molar refractivity (Wildman–Crippen MR) is 106 cm³/mol. The molecule has 1 aliphatic rings. The Balaban J connectivity index is 1.46. The maximum Gasteiger partial charge on any atom is 0.185 e. The molecule has 4 rings (SSSR count). The van der Waals surface area contributed by atoms with Gasteiger partial charge in [-0.05, 0) is 42.5 Å². The standard InChI is InChI=1S/C22H20FN3O2/c23-20-14-18(7-8-21(20)25-10-12-28-13-11-25)22(27)9-6-17-15-24-26(16-17)19-4-2-1-3-5-19/h1-9,14-16H,10-13H2. The van der Waals surface area contributed by atoms with Crippen molar-refractivity contribution in [2.45, 2.75) is 0 Å². The van der Waals surface area contributed by atoms with Gasteiger partial charge in [0.15, 0.2) is 5.78 Å². The molecule has 1 fully saturated rings. The van der Waals surface area contributed by atoms with Gasteiger partial charge in [-0.15, -0.1) is 0 Å². The van der Waals surface area contributed by atoms with Crippen LogP contribution >= 0.6 is 0 Å². The minimum atomic E-state index is -0.391. The van der Waals surface area contributed by atoms with Crippen molar-refractivity contribution in [3.63, 3.8) is 0 Å². The number of anilines is 1. The summed E-state index contributed by atoms with van der Waals surface area (Å²) in [6, 6.07) is 14.3. The van der Waals surface area contributed by atoms with E-state index >= 15 is 0 Å². The molecule has 6 heteroatoms. The average Bonchev–Trinajstić information content (AvgIpc) is 3.22. The molecule has 142 valence electrons. The zero-order valence-corrected chi connectivity index (χ0v) is 15.3. The van der Waals surface area contributed by atoms with Crippen LogP contribution in [0.1, 0.15) is 15.9 Å². The van der Waals surface area contributed by atoms with Crippen molar-refractivity contribution in [1.29, 1.82) is 0 Å². The van der Waals surface area contributed by atoms with Crippen LogP contribution in [0, 0.1) is 5.82 Å². The number of halogens is 1. The van der Waals surface area contributed by atoms with Gasteiger partial charge >= 0.3 is 0 Å². The van der Waals surface area contributed by atoms with E-state index in [2.05, 4.69) is 5.10 Å².